The molecule has 14 heavy (non-hydrogen) atoms. The fraction of sp³-hybridized carbons (Fsp3) is 0.455. The number of Topliss-reactive ketones (excluding diaryl/α,β-unsaturated/α-hetero) is 1. The van der Waals surface area contributed by atoms with Crippen molar-refractivity contribution in [2.75, 3.05) is 11.9 Å². The molecule has 1 aliphatic heterocycles. The van der Waals surface area contributed by atoms with Gasteiger partial charge in [0.25, 0.3) is 0 Å². The lowest BCUT2D eigenvalue weighted by atomic mass is 9.98. The summed E-state index contributed by atoms with van der Waals surface area (Å²) in [4.78, 5) is 17.7. The molecule has 0 N–H and O–H groups in total. The second-order valence-corrected chi connectivity index (χ2v) is 3.75. The van der Waals surface area contributed by atoms with Crippen LogP contribution in [0.1, 0.15) is 19.0 Å². The predicted octanol–water partition coefficient (Wildman–Crippen LogP) is 1.42. The summed E-state index contributed by atoms with van der Waals surface area (Å²) >= 11 is 0. The molecular weight excluding hydrogens is 176 g/mol. The first-order valence-corrected chi connectivity index (χ1v) is 4.87. The number of ketones is 1. The van der Waals surface area contributed by atoms with Gasteiger partial charge in [0.15, 0.2) is 5.78 Å². The van der Waals surface area contributed by atoms with Gasteiger partial charge in [0, 0.05) is 13.2 Å². The van der Waals surface area contributed by atoms with E-state index in [-0.39, 0.29) is 11.8 Å². The third-order valence-corrected chi connectivity index (χ3v) is 2.84. The number of anilines is 1. The van der Waals surface area contributed by atoms with Crippen LogP contribution in [0.4, 0.5) is 5.69 Å². The first-order chi connectivity index (χ1) is 6.70. The molecule has 0 aliphatic carbocycles. The Morgan fingerprint density at radius 1 is 1.64 bits per heavy atom. The van der Waals surface area contributed by atoms with Crippen LogP contribution in [0.5, 0.6) is 0 Å². The highest BCUT2D eigenvalue weighted by molar-refractivity contribution is 5.85. The minimum Gasteiger partial charge on any atom is -0.363 e. The number of carbonyl (C=O) groups is 1. The van der Waals surface area contributed by atoms with Crippen LogP contribution in [0.3, 0.4) is 0 Å². The Morgan fingerprint density at radius 3 is 3.14 bits per heavy atom. The van der Waals surface area contributed by atoms with Gasteiger partial charge in [-0.25, -0.2) is 0 Å². The fourth-order valence-electron chi connectivity index (χ4n) is 2.05. The lowest BCUT2D eigenvalue weighted by Crippen LogP contribution is -2.41. The highest BCUT2D eigenvalue weighted by atomic mass is 16.1. The number of fused-ring (bicyclic) bond motifs is 1. The zero-order valence-electron chi connectivity index (χ0n) is 8.53. The summed E-state index contributed by atoms with van der Waals surface area (Å²) in [7, 11) is 1.96. The van der Waals surface area contributed by atoms with E-state index >= 15 is 0 Å². The van der Waals surface area contributed by atoms with Crippen molar-refractivity contribution in [3.63, 3.8) is 0 Å². The van der Waals surface area contributed by atoms with Gasteiger partial charge >= 0.3 is 0 Å². The van der Waals surface area contributed by atoms with Crippen molar-refractivity contribution in [1.82, 2.24) is 4.98 Å². The molecule has 0 saturated carbocycles. The minimum atomic E-state index is 0.0340. The normalized spacial score (nSPS) is 20.4. The molecule has 0 saturated heterocycles. The maximum atomic E-state index is 11.4. The zero-order valence-corrected chi connectivity index (χ0v) is 8.53. The van der Waals surface area contributed by atoms with Crippen molar-refractivity contribution < 1.29 is 4.79 Å². The molecular formula is C11H14N2O. The molecule has 1 atom stereocenters. The van der Waals surface area contributed by atoms with E-state index in [2.05, 4.69) is 4.98 Å². The SMILES string of the molecule is CC(=O)C1CCc2ncccc2N1C. The molecule has 2 rings (SSSR count). The Balaban J connectivity index is 2.36. The van der Waals surface area contributed by atoms with Gasteiger partial charge in [0.1, 0.15) is 0 Å². The Labute approximate surface area is 83.8 Å². The van der Waals surface area contributed by atoms with E-state index in [1.54, 1.807) is 13.1 Å². The molecule has 0 spiro atoms. The number of carbonyl (C=O) groups excluding carboxylic acids is 1. The molecule has 0 aromatic carbocycles. The van der Waals surface area contributed by atoms with Crippen LogP contribution in [-0.4, -0.2) is 23.9 Å². The highest BCUT2D eigenvalue weighted by Crippen LogP contribution is 2.27. The maximum absolute atomic E-state index is 11.4. The molecule has 3 heteroatoms. The summed E-state index contributed by atoms with van der Waals surface area (Å²) in [6, 6.07) is 3.97. The van der Waals surface area contributed by atoms with Gasteiger partial charge in [-0.05, 0) is 31.9 Å². The summed E-state index contributed by atoms with van der Waals surface area (Å²) in [5, 5.41) is 0. The van der Waals surface area contributed by atoms with E-state index in [0.717, 1.165) is 24.2 Å². The predicted molar refractivity (Wildman–Crippen MR) is 55.4 cm³/mol. The molecule has 0 fully saturated rings. The van der Waals surface area contributed by atoms with Crippen LogP contribution in [0.15, 0.2) is 18.3 Å². The minimum absolute atomic E-state index is 0.0340. The molecule has 74 valence electrons. The Kier molecular flexibility index (Phi) is 2.23. The van der Waals surface area contributed by atoms with Crippen LogP contribution in [0, 0.1) is 0 Å². The number of pyridine rings is 1. The third kappa shape index (κ3) is 1.39. The maximum Gasteiger partial charge on any atom is 0.152 e. The second-order valence-electron chi connectivity index (χ2n) is 3.75. The van der Waals surface area contributed by atoms with Gasteiger partial charge in [-0.1, -0.05) is 0 Å². The molecule has 1 aromatic heterocycles. The number of hydrogen-bond donors (Lipinski definition) is 0. The zero-order chi connectivity index (χ0) is 10.1. The van der Waals surface area contributed by atoms with Crippen molar-refractivity contribution in [2.45, 2.75) is 25.8 Å². The van der Waals surface area contributed by atoms with Crippen molar-refractivity contribution in [2.24, 2.45) is 0 Å². The summed E-state index contributed by atoms with van der Waals surface area (Å²) in [6.07, 6.45) is 3.60. The average Bonchev–Trinajstić information content (AvgIpc) is 2.18. The average molecular weight is 190 g/mol. The molecule has 2 heterocycles. The second kappa shape index (κ2) is 3.40. The fourth-order valence-corrected chi connectivity index (χ4v) is 2.05. The van der Waals surface area contributed by atoms with Crippen LogP contribution < -0.4 is 4.90 Å². The van der Waals surface area contributed by atoms with Gasteiger partial charge in [0.2, 0.25) is 0 Å². The van der Waals surface area contributed by atoms with Crippen molar-refractivity contribution in [3.05, 3.63) is 24.0 Å². The number of likely N-dealkylation sites (N-methyl/N-ethyl adjacent to an activating group) is 1. The van der Waals surface area contributed by atoms with Crippen LogP contribution in [0.25, 0.3) is 0 Å². The molecule has 0 radical (unpaired) electrons. The largest absolute Gasteiger partial charge is 0.363 e. The number of aromatic nitrogens is 1. The first-order valence-electron chi connectivity index (χ1n) is 4.87. The van der Waals surface area contributed by atoms with Crippen molar-refractivity contribution in [1.29, 1.82) is 0 Å². The lowest BCUT2D eigenvalue weighted by Gasteiger charge is -2.33. The summed E-state index contributed by atoms with van der Waals surface area (Å²) in [5.41, 5.74) is 2.20. The monoisotopic (exact) mass is 190 g/mol. The van der Waals surface area contributed by atoms with Crippen molar-refractivity contribution in [3.8, 4) is 0 Å². The lowest BCUT2D eigenvalue weighted by molar-refractivity contribution is -0.118. The topological polar surface area (TPSA) is 33.2 Å². The van der Waals surface area contributed by atoms with E-state index in [9.17, 15) is 4.79 Å². The van der Waals surface area contributed by atoms with E-state index in [1.165, 1.54) is 0 Å². The van der Waals surface area contributed by atoms with E-state index < -0.39 is 0 Å². The quantitative estimate of drug-likeness (QED) is 0.671. The third-order valence-electron chi connectivity index (χ3n) is 2.84. The molecule has 1 aromatic rings. The Hall–Kier alpha value is -1.38. The van der Waals surface area contributed by atoms with Gasteiger partial charge in [-0.2, -0.15) is 0 Å². The smallest absolute Gasteiger partial charge is 0.152 e. The highest BCUT2D eigenvalue weighted by Gasteiger charge is 2.26. The summed E-state index contributed by atoms with van der Waals surface area (Å²) in [6.45, 7) is 1.66. The number of rotatable bonds is 1. The summed E-state index contributed by atoms with van der Waals surface area (Å²) < 4.78 is 0. The van der Waals surface area contributed by atoms with E-state index in [0.29, 0.717) is 0 Å². The molecule has 3 nitrogen and oxygen atoms in total. The van der Waals surface area contributed by atoms with Gasteiger partial charge < -0.3 is 4.90 Å². The van der Waals surface area contributed by atoms with Gasteiger partial charge in [-0.3, -0.25) is 9.78 Å². The number of hydrogen-bond acceptors (Lipinski definition) is 3. The molecule has 0 bridgehead atoms. The number of aryl methyl sites for hydroxylation is 1. The van der Waals surface area contributed by atoms with E-state index in [4.69, 9.17) is 0 Å². The first kappa shape index (κ1) is 9.19. The van der Waals surface area contributed by atoms with Gasteiger partial charge in [0.05, 0.1) is 17.4 Å². The molecule has 1 aliphatic rings. The van der Waals surface area contributed by atoms with Crippen LogP contribution in [-0.2, 0) is 11.2 Å². The number of nitrogens with zero attached hydrogens (tertiary/aromatic N) is 2. The Morgan fingerprint density at radius 2 is 2.43 bits per heavy atom. The van der Waals surface area contributed by atoms with Gasteiger partial charge in [-0.15, -0.1) is 0 Å². The van der Waals surface area contributed by atoms with E-state index in [1.807, 2.05) is 24.1 Å². The van der Waals surface area contributed by atoms with Crippen LogP contribution in [0.2, 0.25) is 0 Å². The molecule has 0 amide bonds. The Bertz CT molecular complexity index is 362. The summed E-state index contributed by atoms with van der Waals surface area (Å²) in [5.74, 6) is 0.238. The van der Waals surface area contributed by atoms with Crippen molar-refractivity contribution >= 4 is 11.5 Å². The standard InChI is InChI=1S/C11H14N2O/c1-8(14)10-6-5-9-11(13(10)2)4-3-7-12-9/h3-4,7,10H,5-6H2,1-2H3. The van der Waals surface area contributed by atoms with Crippen LogP contribution >= 0.6 is 0 Å². The molecule has 1 unspecified atom stereocenters.